The zero-order chi connectivity index (χ0) is 11.8. The topological polar surface area (TPSA) is 3.24 Å². The van der Waals surface area contributed by atoms with E-state index in [1.165, 1.54) is 32.2 Å². The molecule has 1 heterocycles. The molecular formula is C16H23N. The molecule has 1 nitrogen and oxygen atoms in total. The minimum Gasteiger partial charge on any atom is -0.297 e. The lowest BCUT2D eigenvalue weighted by molar-refractivity contribution is 0.186. The summed E-state index contributed by atoms with van der Waals surface area (Å²) < 4.78 is 0. The van der Waals surface area contributed by atoms with Crippen LogP contribution in [0.5, 0.6) is 0 Å². The molecule has 1 aliphatic carbocycles. The van der Waals surface area contributed by atoms with Gasteiger partial charge in [-0.3, -0.25) is 4.90 Å². The van der Waals surface area contributed by atoms with Crippen molar-refractivity contribution in [2.24, 2.45) is 0 Å². The van der Waals surface area contributed by atoms with Crippen molar-refractivity contribution in [1.29, 1.82) is 0 Å². The van der Waals surface area contributed by atoms with Crippen molar-refractivity contribution in [2.45, 2.75) is 57.5 Å². The summed E-state index contributed by atoms with van der Waals surface area (Å²) >= 11 is 0. The molecule has 1 fully saturated rings. The number of hydrogen-bond donors (Lipinski definition) is 0. The summed E-state index contributed by atoms with van der Waals surface area (Å²) in [6, 6.07) is 10.7. The van der Waals surface area contributed by atoms with E-state index in [0.29, 0.717) is 0 Å². The van der Waals surface area contributed by atoms with Crippen molar-refractivity contribution in [3.63, 3.8) is 0 Å². The normalized spacial score (nSPS) is 32.2. The van der Waals surface area contributed by atoms with Gasteiger partial charge < -0.3 is 0 Å². The van der Waals surface area contributed by atoms with Gasteiger partial charge in [0, 0.05) is 18.0 Å². The zero-order valence-corrected chi connectivity index (χ0v) is 11.0. The van der Waals surface area contributed by atoms with Crippen LogP contribution in [0.3, 0.4) is 0 Å². The van der Waals surface area contributed by atoms with Gasteiger partial charge in [-0.05, 0) is 50.3 Å². The second kappa shape index (κ2) is 4.45. The molecule has 17 heavy (non-hydrogen) atoms. The van der Waals surface area contributed by atoms with Crippen LogP contribution in [0, 0.1) is 0 Å². The van der Waals surface area contributed by atoms with Crippen LogP contribution in [0.4, 0.5) is 0 Å². The quantitative estimate of drug-likeness (QED) is 0.749. The van der Waals surface area contributed by atoms with Crippen LogP contribution in [0.25, 0.3) is 0 Å². The molecule has 1 aromatic carbocycles. The molecule has 3 atom stereocenters. The lowest BCUT2D eigenvalue weighted by atomic mass is 9.79. The first-order valence-corrected chi connectivity index (χ1v) is 7.14. The lowest BCUT2D eigenvalue weighted by Gasteiger charge is -2.34. The summed E-state index contributed by atoms with van der Waals surface area (Å²) in [6.45, 7) is 6.00. The Balaban J connectivity index is 1.91. The third kappa shape index (κ3) is 1.81. The summed E-state index contributed by atoms with van der Waals surface area (Å²) in [7, 11) is 0. The maximum Gasteiger partial charge on any atom is 0.0171 e. The Hall–Kier alpha value is -0.820. The molecule has 3 rings (SSSR count). The molecule has 3 unspecified atom stereocenters. The molecule has 1 saturated heterocycles. The number of hydrogen-bond acceptors (Lipinski definition) is 1. The van der Waals surface area contributed by atoms with Crippen LogP contribution >= 0.6 is 0 Å². The van der Waals surface area contributed by atoms with Crippen LogP contribution in [-0.4, -0.2) is 23.5 Å². The molecular weight excluding hydrogens is 206 g/mol. The fourth-order valence-electron chi connectivity index (χ4n) is 3.99. The van der Waals surface area contributed by atoms with Crippen molar-refractivity contribution in [3.8, 4) is 0 Å². The number of rotatable bonds is 2. The summed E-state index contributed by atoms with van der Waals surface area (Å²) in [4.78, 5) is 2.76. The minimum absolute atomic E-state index is 0.774. The predicted octanol–water partition coefficient (Wildman–Crippen LogP) is 3.59. The number of aryl methyl sites for hydroxylation is 1. The molecule has 2 aliphatic rings. The van der Waals surface area contributed by atoms with Crippen molar-refractivity contribution in [2.75, 3.05) is 6.54 Å². The van der Waals surface area contributed by atoms with E-state index in [9.17, 15) is 0 Å². The van der Waals surface area contributed by atoms with Gasteiger partial charge in [0.25, 0.3) is 0 Å². The Morgan fingerprint density at radius 2 is 2.12 bits per heavy atom. The molecule has 0 saturated carbocycles. The van der Waals surface area contributed by atoms with E-state index in [-0.39, 0.29) is 0 Å². The smallest absolute Gasteiger partial charge is 0.0171 e. The molecule has 0 bridgehead atoms. The van der Waals surface area contributed by atoms with Gasteiger partial charge in [0.05, 0.1) is 0 Å². The Morgan fingerprint density at radius 3 is 2.94 bits per heavy atom. The van der Waals surface area contributed by atoms with E-state index in [2.05, 4.69) is 43.0 Å². The van der Waals surface area contributed by atoms with E-state index >= 15 is 0 Å². The highest BCUT2D eigenvalue weighted by molar-refractivity contribution is 5.35. The molecule has 0 spiro atoms. The van der Waals surface area contributed by atoms with Crippen molar-refractivity contribution in [3.05, 3.63) is 35.4 Å². The number of likely N-dealkylation sites (tertiary alicyclic amines) is 1. The van der Waals surface area contributed by atoms with Crippen LogP contribution in [0.15, 0.2) is 24.3 Å². The highest BCUT2D eigenvalue weighted by Gasteiger charge is 2.41. The SMILES string of the molecule is CCCN1C(C)CC2c3ccccc3CCC21. The monoisotopic (exact) mass is 229 g/mol. The predicted molar refractivity (Wildman–Crippen MR) is 72.4 cm³/mol. The van der Waals surface area contributed by atoms with Crippen LogP contribution in [0.1, 0.15) is 50.2 Å². The van der Waals surface area contributed by atoms with Crippen LogP contribution in [0.2, 0.25) is 0 Å². The van der Waals surface area contributed by atoms with Crippen molar-refractivity contribution >= 4 is 0 Å². The summed E-state index contributed by atoms with van der Waals surface area (Å²) in [5, 5.41) is 0. The second-order valence-electron chi connectivity index (χ2n) is 5.73. The first-order valence-electron chi connectivity index (χ1n) is 7.14. The average Bonchev–Trinajstić information content (AvgIpc) is 2.67. The molecule has 0 amide bonds. The van der Waals surface area contributed by atoms with Crippen molar-refractivity contribution in [1.82, 2.24) is 4.90 Å². The fraction of sp³-hybridized carbons (Fsp3) is 0.625. The molecule has 92 valence electrons. The first kappa shape index (κ1) is 11.3. The molecule has 1 aromatic rings. The lowest BCUT2D eigenvalue weighted by Crippen LogP contribution is -2.38. The standard InChI is InChI=1S/C16H23N/c1-3-10-17-12(2)11-15-14-7-5-4-6-13(14)8-9-16(15)17/h4-7,12,15-16H,3,8-11H2,1-2H3. The van der Waals surface area contributed by atoms with Crippen LogP contribution < -0.4 is 0 Å². The van der Waals surface area contributed by atoms with Gasteiger partial charge in [0.1, 0.15) is 0 Å². The Morgan fingerprint density at radius 1 is 1.29 bits per heavy atom. The fourth-order valence-corrected chi connectivity index (χ4v) is 3.99. The summed E-state index contributed by atoms with van der Waals surface area (Å²) in [6.07, 6.45) is 5.30. The number of nitrogens with zero attached hydrogens (tertiary/aromatic N) is 1. The minimum atomic E-state index is 0.774. The van der Waals surface area contributed by atoms with E-state index < -0.39 is 0 Å². The van der Waals surface area contributed by atoms with E-state index in [1.807, 2.05) is 0 Å². The van der Waals surface area contributed by atoms with Gasteiger partial charge in [-0.25, -0.2) is 0 Å². The van der Waals surface area contributed by atoms with Gasteiger partial charge >= 0.3 is 0 Å². The largest absolute Gasteiger partial charge is 0.297 e. The van der Waals surface area contributed by atoms with Gasteiger partial charge in [-0.15, -0.1) is 0 Å². The van der Waals surface area contributed by atoms with Gasteiger partial charge in [-0.2, -0.15) is 0 Å². The molecule has 1 heteroatoms. The summed E-state index contributed by atoms with van der Waals surface area (Å²) in [5.74, 6) is 0.807. The Kier molecular flexibility index (Phi) is 2.96. The molecule has 0 radical (unpaired) electrons. The van der Waals surface area contributed by atoms with Gasteiger partial charge in [-0.1, -0.05) is 31.2 Å². The summed E-state index contributed by atoms with van der Waals surface area (Å²) in [5.41, 5.74) is 3.26. The molecule has 1 aliphatic heterocycles. The molecule has 0 N–H and O–H groups in total. The third-order valence-corrected chi connectivity index (χ3v) is 4.70. The zero-order valence-electron chi connectivity index (χ0n) is 11.0. The van der Waals surface area contributed by atoms with E-state index in [0.717, 1.165) is 18.0 Å². The van der Waals surface area contributed by atoms with Crippen molar-refractivity contribution < 1.29 is 0 Å². The Bertz CT molecular complexity index is 398. The van der Waals surface area contributed by atoms with Gasteiger partial charge in [0.2, 0.25) is 0 Å². The number of benzene rings is 1. The average molecular weight is 229 g/mol. The first-order chi connectivity index (χ1) is 8.31. The highest BCUT2D eigenvalue weighted by Crippen LogP contribution is 2.44. The number of fused-ring (bicyclic) bond motifs is 3. The third-order valence-electron chi connectivity index (χ3n) is 4.70. The maximum absolute atomic E-state index is 2.76. The van der Waals surface area contributed by atoms with Gasteiger partial charge in [0.15, 0.2) is 0 Å². The maximum atomic E-state index is 2.76. The van der Waals surface area contributed by atoms with E-state index in [4.69, 9.17) is 0 Å². The second-order valence-corrected chi connectivity index (χ2v) is 5.73. The molecule has 0 aromatic heterocycles. The highest BCUT2D eigenvalue weighted by atomic mass is 15.2. The van der Waals surface area contributed by atoms with Crippen LogP contribution in [-0.2, 0) is 6.42 Å². The Labute approximate surface area is 105 Å². The van der Waals surface area contributed by atoms with E-state index in [1.54, 1.807) is 11.1 Å².